The number of amides is 2. The summed E-state index contributed by atoms with van der Waals surface area (Å²) in [7, 11) is 0. The van der Waals surface area contributed by atoms with Gasteiger partial charge in [-0.05, 0) is 92.6 Å². The monoisotopic (exact) mass is 661 g/mol. The second-order valence-electron chi connectivity index (χ2n) is 11.7. The summed E-state index contributed by atoms with van der Waals surface area (Å²) in [4.78, 5) is 23.2. The SMILES string of the molecule is CCOc1cc(C(F)(F)F)ccc1C1=N[C@H](c2ccc(Cl)cc2)C[C@@](C)(c2ccc(Cl)cc2)N1C(=O)N1CCC(CCO)CC1. The van der Waals surface area contributed by atoms with E-state index in [1.807, 2.05) is 31.2 Å². The Morgan fingerprint density at radius 3 is 2.22 bits per heavy atom. The molecule has 11 heteroatoms. The summed E-state index contributed by atoms with van der Waals surface area (Å²) in [6.45, 7) is 4.82. The summed E-state index contributed by atoms with van der Waals surface area (Å²) in [5.41, 5.74) is 0.0828. The van der Waals surface area contributed by atoms with Crippen LogP contribution in [0.15, 0.2) is 71.7 Å². The van der Waals surface area contributed by atoms with Crippen molar-refractivity contribution in [1.29, 1.82) is 0 Å². The van der Waals surface area contributed by atoms with Crippen LogP contribution in [0.5, 0.6) is 5.75 Å². The largest absolute Gasteiger partial charge is 0.493 e. The zero-order valence-electron chi connectivity index (χ0n) is 25.2. The highest BCUT2D eigenvalue weighted by Crippen LogP contribution is 2.46. The number of benzene rings is 3. The molecule has 240 valence electrons. The van der Waals surface area contributed by atoms with Gasteiger partial charge in [-0.2, -0.15) is 13.2 Å². The number of carbonyl (C=O) groups excluding carboxylic acids is 1. The molecular weight excluding hydrogens is 626 g/mol. The predicted molar refractivity (Wildman–Crippen MR) is 170 cm³/mol. The van der Waals surface area contributed by atoms with Crippen LogP contribution in [0, 0.1) is 5.92 Å². The van der Waals surface area contributed by atoms with E-state index in [1.54, 1.807) is 41.0 Å². The third kappa shape index (κ3) is 7.11. The summed E-state index contributed by atoms with van der Waals surface area (Å²) in [5.74, 6) is 0.518. The summed E-state index contributed by atoms with van der Waals surface area (Å²) in [6, 6.07) is 17.1. The van der Waals surface area contributed by atoms with E-state index in [0.717, 1.165) is 36.1 Å². The first-order valence-electron chi connectivity index (χ1n) is 15.1. The number of piperidine rings is 1. The molecule has 2 amide bonds. The molecule has 1 fully saturated rings. The van der Waals surface area contributed by atoms with Crippen molar-refractivity contribution in [3.63, 3.8) is 0 Å². The van der Waals surface area contributed by atoms with Gasteiger partial charge in [0, 0.05) is 36.2 Å². The first-order valence-corrected chi connectivity index (χ1v) is 15.8. The van der Waals surface area contributed by atoms with Gasteiger partial charge in [0.2, 0.25) is 0 Å². The van der Waals surface area contributed by atoms with E-state index in [0.29, 0.717) is 41.9 Å². The highest BCUT2D eigenvalue weighted by Gasteiger charge is 2.48. The molecule has 0 bridgehead atoms. The Balaban J connectivity index is 1.71. The molecule has 6 nitrogen and oxygen atoms in total. The highest BCUT2D eigenvalue weighted by atomic mass is 35.5. The number of amidine groups is 1. The number of aliphatic hydroxyl groups is 1. The van der Waals surface area contributed by atoms with Crippen LogP contribution in [0.3, 0.4) is 0 Å². The van der Waals surface area contributed by atoms with Gasteiger partial charge in [0.15, 0.2) is 0 Å². The van der Waals surface area contributed by atoms with E-state index in [-0.39, 0.29) is 36.4 Å². The standard InChI is InChI=1S/C34H36Cl2F3N3O3/c1-3-45-30-20-25(34(37,38)39)8-13-28(30)31-40-29(23-4-9-26(35)10-5-23)21-33(2,24-6-11-27(36)12-7-24)42(31)32(44)41-17-14-22(15-18-41)16-19-43/h4-13,20,22,29,43H,3,14-19,21H2,1-2H3/t29-,33-/m0/s1. The molecule has 0 aromatic heterocycles. The molecule has 2 aliphatic rings. The third-order valence-electron chi connectivity index (χ3n) is 8.76. The number of aliphatic imine (C=N–C) groups is 1. The Morgan fingerprint density at radius 1 is 1.02 bits per heavy atom. The van der Waals surface area contributed by atoms with Crippen molar-refractivity contribution in [3.05, 3.63) is 99.0 Å². The average Bonchev–Trinajstić information content (AvgIpc) is 3.01. The molecule has 3 aromatic carbocycles. The lowest BCUT2D eigenvalue weighted by Gasteiger charge is -2.49. The Hall–Kier alpha value is -3.27. The molecule has 0 saturated carbocycles. The third-order valence-corrected chi connectivity index (χ3v) is 9.26. The number of alkyl halides is 3. The van der Waals surface area contributed by atoms with Gasteiger partial charge in [0.05, 0.1) is 29.3 Å². The number of urea groups is 1. The van der Waals surface area contributed by atoms with Crippen LogP contribution in [-0.4, -0.2) is 53.1 Å². The lowest BCUT2D eigenvalue weighted by atomic mass is 9.80. The number of hydrogen-bond donors (Lipinski definition) is 1. The van der Waals surface area contributed by atoms with Crippen LogP contribution in [0.4, 0.5) is 18.0 Å². The van der Waals surface area contributed by atoms with Crippen LogP contribution < -0.4 is 4.74 Å². The molecule has 0 unspecified atom stereocenters. The van der Waals surface area contributed by atoms with Crippen LogP contribution in [0.1, 0.15) is 67.8 Å². The van der Waals surface area contributed by atoms with Crippen LogP contribution >= 0.6 is 23.2 Å². The normalized spacial score (nSPS) is 21.1. The number of hydrogen-bond acceptors (Lipinski definition) is 4. The van der Waals surface area contributed by atoms with E-state index in [4.69, 9.17) is 32.9 Å². The maximum Gasteiger partial charge on any atom is 0.416 e. The smallest absolute Gasteiger partial charge is 0.416 e. The van der Waals surface area contributed by atoms with Gasteiger partial charge in [-0.15, -0.1) is 0 Å². The Bertz CT molecular complexity index is 1520. The predicted octanol–water partition coefficient (Wildman–Crippen LogP) is 8.73. The van der Waals surface area contributed by atoms with E-state index in [1.165, 1.54) is 6.07 Å². The zero-order valence-corrected chi connectivity index (χ0v) is 26.7. The minimum Gasteiger partial charge on any atom is -0.493 e. The van der Waals surface area contributed by atoms with Crippen LogP contribution in [0.25, 0.3) is 0 Å². The molecule has 45 heavy (non-hydrogen) atoms. The average molecular weight is 663 g/mol. The van der Waals surface area contributed by atoms with Gasteiger partial charge in [-0.1, -0.05) is 47.5 Å². The number of nitrogens with zero attached hydrogens (tertiary/aromatic N) is 3. The van der Waals surface area contributed by atoms with E-state index in [2.05, 4.69) is 0 Å². The molecule has 0 aliphatic carbocycles. The molecule has 3 aromatic rings. The molecule has 2 atom stereocenters. The van der Waals surface area contributed by atoms with Crippen molar-refractivity contribution in [3.8, 4) is 5.75 Å². The quantitative estimate of drug-likeness (QED) is 0.275. The fourth-order valence-electron chi connectivity index (χ4n) is 6.27. The van der Waals surface area contributed by atoms with E-state index in [9.17, 15) is 23.1 Å². The topological polar surface area (TPSA) is 65.4 Å². The second-order valence-corrected chi connectivity index (χ2v) is 12.6. The molecule has 1 N–H and O–H groups in total. The molecule has 1 saturated heterocycles. The van der Waals surface area contributed by atoms with Crippen molar-refractivity contribution in [2.75, 3.05) is 26.3 Å². The molecule has 5 rings (SSSR count). The van der Waals surface area contributed by atoms with Gasteiger partial charge < -0.3 is 14.7 Å². The molecular formula is C34H36Cl2F3N3O3. The number of likely N-dealkylation sites (tertiary alicyclic amines) is 1. The molecule has 0 spiro atoms. The number of carbonyl (C=O) groups is 1. The maximum absolute atomic E-state index is 14.7. The summed E-state index contributed by atoms with van der Waals surface area (Å²) < 4.78 is 47.2. The Kier molecular flexibility index (Phi) is 10.0. The van der Waals surface area contributed by atoms with Crippen molar-refractivity contribution >= 4 is 35.1 Å². The summed E-state index contributed by atoms with van der Waals surface area (Å²) >= 11 is 12.5. The lowest BCUT2D eigenvalue weighted by molar-refractivity contribution is -0.137. The van der Waals surface area contributed by atoms with Gasteiger partial charge in [-0.25, -0.2) is 4.79 Å². The molecule has 0 radical (unpaired) electrons. The fraction of sp³-hybridized carbons (Fsp3) is 0.412. The number of halogens is 5. The molecule has 2 aliphatic heterocycles. The van der Waals surface area contributed by atoms with Gasteiger partial charge in [0.1, 0.15) is 11.6 Å². The van der Waals surface area contributed by atoms with Gasteiger partial charge in [-0.3, -0.25) is 9.89 Å². The minimum atomic E-state index is -4.59. The second kappa shape index (κ2) is 13.6. The van der Waals surface area contributed by atoms with E-state index < -0.39 is 23.3 Å². The van der Waals surface area contributed by atoms with Crippen molar-refractivity contribution < 1.29 is 27.8 Å². The minimum absolute atomic E-state index is 0.0132. The number of ether oxygens (including phenoxy) is 1. The number of rotatable bonds is 7. The summed E-state index contributed by atoms with van der Waals surface area (Å²) in [5, 5.41) is 10.5. The molecule has 2 heterocycles. The first kappa shape index (κ1) is 33.1. The van der Waals surface area contributed by atoms with Crippen molar-refractivity contribution in [1.82, 2.24) is 9.80 Å². The van der Waals surface area contributed by atoms with Crippen LogP contribution in [0.2, 0.25) is 10.0 Å². The summed E-state index contributed by atoms with van der Waals surface area (Å²) in [6.07, 6.45) is -2.05. The maximum atomic E-state index is 14.7. The first-order chi connectivity index (χ1) is 21.4. The van der Waals surface area contributed by atoms with Crippen molar-refractivity contribution in [2.24, 2.45) is 10.9 Å². The zero-order chi connectivity index (χ0) is 32.4. The highest BCUT2D eigenvalue weighted by molar-refractivity contribution is 6.30. The van der Waals surface area contributed by atoms with Crippen LogP contribution in [-0.2, 0) is 11.7 Å². The van der Waals surface area contributed by atoms with Crippen molar-refractivity contribution in [2.45, 2.75) is 57.3 Å². The van der Waals surface area contributed by atoms with E-state index >= 15 is 0 Å². The lowest BCUT2D eigenvalue weighted by Crippen LogP contribution is -2.59. The Labute approximate surface area is 271 Å². The van der Waals surface area contributed by atoms with Gasteiger partial charge in [0.25, 0.3) is 0 Å². The fourth-order valence-corrected chi connectivity index (χ4v) is 6.52. The Morgan fingerprint density at radius 2 is 1.64 bits per heavy atom. The van der Waals surface area contributed by atoms with Gasteiger partial charge >= 0.3 is 12.2 Å². The number of aliphatic hydroxyl groups excluding tert-OH is 1.